The molecule has 2 heterocycles. The van der Waals surface area contributed by atoms with E-state index in [-0.39, 0.29) is 11.7 Å². The van der Waals surface area contributed by atoms with Crippen LogP contribution in [-0.2, 0) is 4.79 Å². The fraction of sp³-hybridized carbons (Fsp3) is 0.375. The number of carbonyl (C=O) groups is 1. The van der Waals surface area contributed by atoms with E-state index in [2.05, 4.69) is 80.8 Å². The molecule has 0 unspecified atom stereocenters. The maximum Gasteiger partial charge on any atom is 0.244 e. The minimum Gasteiger partial charge on any atom is -0.506 e. The Morgan fingerprint density at radius 3 is 2.21 bits per heavy atom. The van der Waals surface area contributed by atoms with E-state index in [1.165, 1.54) is 23.4 Å². The summed E-state index contributed by atoms with van der Waals surface area (Å²) in [4.78, 5) is 21.5. The van der Waals surface area contributed by atoms with Gasteiger partial charge in [-0.25, -0.2) is 0 Å². The zero-order valence-electron chi connectivity index (χ0n) is 22.6. The number of hydrogen-bond acceptors (Lipinski definition) is 5. The van der Waals surface area contributed by atoms with Crippen LogP contribution in [0.25, 0.3) is 6.08 Å². The SMILES string of the molecule is Cc1ncc(O)c(C)c1C=CC(=O)NCCCCCN1CCN(C(c2ccccc2)c2ccccc2)CC1. The summed E-state index contributed by atoms with van der Waals surface area (Å²) in [6.45, 7) is 9.76. The molecule has 1 aliphatic heterocycles. The molecule has 0 bridgehead atoms. The van der Waals surface area contributed by atoms with E-state index in [0.29, 0.717) is 12.6 Å². The second-order valence-electron chi connectivity index (χ2n) is 10.1. The highest BCUT2D eigenvalue weighted by atomic mass is 16.3. The van der Waals surface area contributed by atoms with Crippen molar-refractivity contribution in [3.63, 3.8) is 0 Å². The van der Waals surface area contributed by atoms with Crippen LogP contribution in [0.5, 0.6) is 5.75 Å². The highest BCUT2D eigenvalue weighted by Crippen LogP contribution is 2.29. The largest absolute Gasteiger partial charge is 0.506 e. The smallest absolute Gasteiger partial charge is 0.244 e. The van der Waals surface area contributed by atoms with Crippen molar-refractivity contribution in [2.45, 2.75) is 39.2 Å². The number of aromatic hydroxyl groups is 1. The Balaban J connectivity index is 1.15. The van der Waals surface area contributed by atoms with Crippen LogP contribution in [0.3, 0.4) is 0 Å². The molecular formula is C32H40N4O2. The minimum absolute atomic E-state index is 0.116. The van der Waals surface area contributed by atoms with Crippen molar-refractivity contribution in [1.29, 1.82) is 0 Å². The summed E-state index contributed by atoms with van der Waals surface area (Å²) in [6, 6.07) is 22.0. The monoisotopic (exact) mass is 512 g/mol. The fourth-order valence-corrected chi connectivity index (χ4v) is 5.18. The van der Waals surface area contributed by atoms with Gasteiger partial charge in [0.05, 0.1) is 12.2 Å². The molecule has 4 rings (SSSR count). The zero-order valence-corrected chi connectivity index (χ0v) is 22.6. The first kappa shape index (κ1) is 27.6. The number of piperazine rings is 1. The molecule has 0 aliphatic carbocycles. The van der Waals surface area contributed by atoms with Crippen LogP contribution in [0.2, 0.25) is 0 Å². The summed E-state index contributed by atoms with van der Waals surface area (Å²) in [5, 5.41) is 12.8. The van der Waals surface area contributed by atoms with Crippen LogP contribution < -0.4 is 5.32 Å². The van der Waals surface area contributed by atoms with Crippen molar-refractivity contribution in [2.75, 3.05) is 39.3 Å². The van der Waals surface area contributed by atoms with E-state index >= 15 is 0 Å². The lowest BCUT2D eigenvalue weighted by Crippen LogP contribution is -2.48. The highest BCUT2D eigenvalue weighted by molar-refractivity contribution is 5.92. The Morgan fingerprint density at radius 2 is 1.58 bits per heavy atom. The molecule has 3 aromatic rings. The molecule has 0 spiro atoms. The number of aromatic nitrogens is 1. The van der Waals surface area contributed by atoms with Crippen molar-refractivity contribution < 1.29 is 9.90 Å². The standard InChI is InChI=1S/C32H40N4O2/c1-25-29(26(2)34-24-30(25)37)16-17-31(38)33-18-10-5-11-19-35-20-22-36(23-21-35)32(27-12-6-3-7-13-27)28-14-8-4-9-15-28/h3-4,6-9,12-17,24,32,37H,5,10-11,18-23H2,1-2H3,(H,33,38). The number of nitrogens with one attached hydrogen (secondary N) is 1. The first-order valence-corrected chi connectivity index (χ1v) is 13.7. The molecule has 0 saturated carbocycles. The maximum absolute atomic E-state index is 12.2. The molecular weight excluding hydrogens is 472 g/mol. The van der Waals surface area contributed by atoms with Gasteiger partial charge in [0.1, 0.15) is 5.75 Å². The minimum atomic E-state index is -0.116. The number of hydrogen-bond donors (Lipinski definition) is 2. The van der Waals surface area contributed by atoms with Crippen molar-refractivity contribution in [2.24, 2.45) is 0 Å². The van der Waals surface area contributed by atoms with Crippen LogP contribution >= 0.6 is 0 Å². The Hall–Kier alpha value is -3.48. The van der Waals surface area contributed by atoms with E-state index < -0.39 is 0 Å². The summed E-state index contributed by atoms with van der Waals surface area (Å²) < 4.78 is 0. The van der Waals surface area contributed by atoms with Gasteiger partial charge >= 0.3 is 0 Å². The molecule has 1 fully saturated rings. The van der Waals surface area contributed by atoms with Gasteiger partial charge in [0, 0.05) is 55.6 Å². The molecule has 1 aromatic heterocycles. The molecule has 1 amide bonds. The van der Waals surface area contributed by atoms with E-state index in [0.717, 1.165) is 68.8 Å². The number of nitrogens with zero attached hydrogens (tertiary/aromatic N) is 3. The lowest BCUT2D eigenvalue weighted by molar-refractivity contribution is -0.116. The molecule has 38 heavy (non-hydrogen) atoms. The summed E-state index contributed by atoms with van der Waals surface area (Å²) >= 11 is 0. The van der Waals surface area contributed by atoms with Crippen molar-refractivity contribution in [3.8, 4) is 5.75 Å². The van der Waals surface area contributed by atoms with Crippen molar-refractivity contribution in [3.05, 3.63) is 101 Å². The number of pyridine rings is 1. The average Bonchev–Trinajstić information content (AvgIpc) is 2.95. The van der Waals surface area contributed by atoms with Crippen LogP contribution in [0.15, 0.2) is 72.9 Å². The quantitative estimate of drug-likeness (QED) is 0.276. The normalized spacial score (nSPS) is 14.8. The summed E-state index contributed by atoms with van der Waals surface area (Å²) in [6.07, 6.45) is 7.89. The van der Waals surface area contributed by atoms with Gasteiger partial charge in [-0.15, -0.1) is 0 Å². The summed E-state index contributed by atoms with van der Waals surface area (Å²) in [5.74, 6) is 0.0268. The first-order valence-electron chi connectivity index (χ1n) is 13.7. The van der Waals surface area contributed by atoms with Crippen molar-refractivity contribution in [1.82, 2.24) is 20.1 Å². The highest BCUT2D eigenvalue weighted by Gasteiger charge is 2.26. The van der Waals surface area contributed by atoms with Gasteiger partial charge < -0.3 is 15.3 Å². The average molecular weight is 513 g/mol. The fourth-order valence-electron chi connectivity index (χ4n) is 5.18. The van der Waals surface area contributed by atoms with Crippen molar-refractivity contribution >= 4 is 12.0 Å². The number of unbranched alkanes of at least 4 members (excludes halogenated alkanes) is 2. The molecule has 1 saturated heterocycles. The van der Waals surface area contributed by atoms with Gasteiger partial charge in [-0.05, 0) is 50.4 Å². The molecule has 2 N–H and O–H groups in total. The second kappa shape index (κ2) is 13.9. The lowest BCUT2D eigenvalue weighted by atomic mass is 9.96. The molecule has 6 nitrogen and oxygen atoms in total. The molecule has 200 valence electrons. The Labute approximate surface area is 227 Å². The Bertz CT molecular complexity index is 1150. The van der Waals surface area contributed by atoms with Crippen LogP contribution in [0.4, 0.5) is 0 Å². The third-order valence-corrected chi connectivity index (χ3v) is 7.41. The maximum atomic E-state index is 12.2. The molecule has 1 aliphatic rings. The van der Waals surface area contributed by atoms with Gasteiger partial charge in [0.15, 0.2) is 0 Å². The number of aryl methyl sites for hydroxylation is 1. The van der Waals surface area contributed by atoms with Crippen LogP contribution in [0.1, 0.15) is 53.3 Å². The summed E-state index contributed by atoms with van der Waals surface area (Å²) in [7, 11) is 0. The lowest BCUT2D eigenvalue weighted by Gasteiger charge is -2.39. The Kier molecular flexibility index (Phi) is 10.1. The van der Waals surface area contributed by atoms with E-state index in [1.54, 1.807) is 6.08 Å². The van der Waals surface area contributed by atoms with E-state index in [9.17, 15) is 9.90 Å². The summed E-state index contributed by atoms with van der Waals surface area (Å²) in [5.41, 5.74) is 5.03. The first-order chi connectivity index (χ1) is 18.5. The molecule has 0 radical (unpaired) electrons. The van der Waals surface area contributed by atoms with Gasteiger partial charge in [0.2, 0.25) is 5.91 Å². The van der Waals surface area contributed by atoms with Gasteiger partial charge in [0.25, 0.3) is 0 Å². The topological polar surface area (TPSA) is 68.7 Å². The van der Waals surface area contributed by atoms with Gasteiger partial charge in [-0.2, -0.15) is 0 Å². The number of amides is 1. The molecule has 0 atom stereocenters. The third-order valence-electron chi connectivity index (χ3n) is 7.41. The van der Waals surface area contributed by atoms with Crippen LogP contribution in [0, 0.1) is 13.8 Å². The zero-order chi connectivity index (χ0) is 26.7. The number of carbonyl (C=O) groups excluding carboxylic acids is 1. The number of benzene rings is 2. The molecule has 6 heteroatoms. The van der Waals surface area contributed by atoms with Gasteiger partial charge in [-0.1, -0.05) is 67.1 Å². The predicted molar refractivity (Wildman–Crippen MR) is 154 cm³/mol. The van der Waals surface area contributed by atoms with Crippen LogP contribution in [-0.4, -0.2) is 65.1 Å². The number of rotatable bonds is 11. The second-order valence-corrected chi connectivity index (χ2v) is 10.1. The van der Waals surface area contributed by atoms with Gasteiger partial charge in [-0.3, -0.25) is 14.7 Å². The third kappa shape index (κ3) is 7.53. The molecule has 2 aromatic carbocycles. The predicted octanol–water partition coefficient (Wildman–Crippen LogP) is 5.11. The van der Waals surface area contributed by atoms with E-state index in [4.69, 9.17) is 0 Å². The van der Waals surface area contributed by atoms with E-state index in [1.807, 2.05) is 13.8 Å². The Morgan fingerprint density at radius 1 is 0.947 bits per heavy atom.